The fourth-order valence-corrected chi connectivity index (χ4v) is 1.84. The Morgan fingerprint density at radius 2 is 2.12 bits per heavy atom. The Kier molecular flexibility index (Phi) is 4.90. The SMILES string of the molecule is CCCNC(=O)c1cc(Cl)cc(Cl)c1OC. The van der Waals surface area contributed by atoms with Crippen molar-refractivity contribution in [1.82, 2.24) is 5.32 Å². The zero-order valence-electron chi connectivity index (χ0n) is 9.14. The van der Waals surface area contributed by atoms with Gasteiger partial charge >= 0.3 is 0 Å². The van der Waals surface area contributed by atoms with E-state index < -0.39 is 0 Å². The molecule has 1 aromatic rings. The highest BCUT2D eigenvalue weighted by Crippen LogP contribution is 2.31. The third-order valence-electron chi connectivity index (χ3n) is 1.99. The molecule has 1 amide bonds. The number of hydrogen-bond donors (Lipinski definition) is 1. The van der Waals surface area contributed by atoms with E-state index in [2.05, 4.69) is 5.32 Å². The number of amides is 1. The Labute approximate surface area is 105 Å². The maximum atomic E-state index is 11.8. The zero-order valence-corrected chi connectivity index (χ0v) is 10.7. The van der Waals surface area contributed by atoms with Gasteiger partial charge in [-0.2, -0.15) is 0 Å². The van der Waals surface area contributed by atoms with E-state index in [0.717, 1.165) is 6.42 Å². The molecule has 0 heterocycles. The Bertz CT molecular complexity index is 394. The summed E-state index contributed by atoms with van der Waals surface area (Å²) in [5.74, 6) is 0.114. The number of ether oxygens (including phenoxy) is 1. The molecule has 0 spiro atoms. The van der Waals surface area contributed by atoms with E-state index in [4.69, 9.17) is 27.9 Å². The molecule has 0 aromatic heterocycles. The molecule has 0 unspecified atom stereocenters. The summed E-state index contributed by atoms with van der Waals surface area (Å²) in [6.07, 6.45) is 0.863. The maximum absolute atomic E-state index is 11.8. The molecule has 0 radical (unpaired) electrons. The van der Waals surface area contributed by atoms with Gasteiger partial charge in [-0.3, -0.25) is 4.79 Å². The molecule has 0 aliphatic carbocycles. The summed E-state index contributed by atoms with van der Waals surface area (Å²) in [5, 5.41) is 3.48. The van der Waals surface area contributed by atoms with Crippen molar-refractivity contribution in [3.8, 4) is 5.75 Å². The fraction of sp³-hybridized carbons (Fsp3) is 0.364. The van der Waals surface area contributed by atoms with Gasteiger partial charge in [-0.1, -0.05) is 30.1 Å². The molecule has 0 aliphatic heterocycles. The van der Waals surface area contributed by atoms with Crippen molar-refractivity contribution in [2.75, 3.05) is 13.7 Å². The highest BCUT2D eigenvalue weighted by atomic mass is 35.5. The zero-order chi connectivity index (χ0) is 12.1. The van der Waals surface area contributed by atoms with Crippen molar-refractivity contribution in [2.45, 2.75) is 13.3 Å². The first-order valence-corrected chi connectivity index (χ1v) is 5.67. The number of hydrogen-bond acceptors (Lipinski definition) is 2. The van der Waals surface area contributed by atoms with E-state index in [1.165, 1.54) is 13.2 Å². The highest BCUT2D eigenvalue weighted by Gasteiger charge is 2.15. The van der Waals surface area contributed by atoms with Gasteiger partial charge in [0.25, 0.3) is 5.91 Å². The highest BCUT2D eigenvalue weighted by molar-refractivity contribution is 6.36. The summed E-state index contributed by atoms with van der Waals surface area (Å²) in [6, 6.07) is 3.08. The van der Waals surface area contributed by atoms with Gasteiger partial charge in [0.15, 0.2) is 0 Å². The van der Waals surface area contributed by atoms with E-state index in [1.54, 1.807) is 6.07 Å². The van der Waals surface area contributed by atoms with E-state index in [9.17, 15) is 4.79 Å². The monoisotopic (exact) mass is 261 g/mol. The van der Waals surface area contributed by atoms with E-state index >= 15 is 0 Å². The summed E-state index contributed by atoms with van der Waals surface area (Å²) < 4.78 is 5.08. The van der Waals surface area contributed by atoms with Crippen LogP contribution in [0.1, 0.15) is 23.7 Å². The molecule has 0 saturated carbocycles. The van der Waals surface area contributed by atoms with Crippen LogP contribution >= 0.6 is 23.2 Å². The molecule has 0 bridgehead atoms. The normalized spacial score (nSPS) is 10.0. The number of benzene rings is 1. The van der Waals surface area contributed by atoms with Gasteiger partial charge in [0.2, 0.25) is 0 Å². The minimum Gasteiger partial charge on any atom is -0.494 e. The minimum atomic E-state index is -0.233. The van der Waals surface area contributed by atoms with Crippen molar-refractivity contribution in [3.63, 3.8) is 0 Å². The van der Waals surface area contributed by atoms with Gasteiger partial charge in [-0.25, -0.2) is 0 Å². The quantitative estimate of drug-likeness (QED) is 0.905. The molecule has 1 aromatic carbocycles. The summed E-state index contributed by atoms with van der Waals surface area (Å²) in [5.41, 5.74) is 0.355. The van der Waals surface area contributed by atoms with Crippen molar-refractivity contribution < 1.29 is 9.53 Å². The maximum Gasteiger partial charge on any atom is 0.255 e. The molecule has 88 valence electrons. The second-order valence-corrected chi connectivity index (χ2v) is 4.07. The fourth-order valence-electron chi connectivity index (χ4n) is 1.27. The average molecular weight is 262 g/mol. The molecular weight excluding hydrogens is 249 g/mol. The number of halogens is 2. The molecule has 16 heavy (non-hydrogen) atoms. The predicted octanol–water partition coefficient (Wildman–Crippen LogP) is 3.14. The lowest BCUT2D eigenvalue weighted by atomic mass is 10.2. The third-order valence-corrected chi connectivity index (χ3v) is 2.49. The molecule has 0 aliphatic rings. The molecule has 3 nitrogen and oxygen atoms in total. The number of nitrogens with one attached hydrogen (secondary N) is 1. The predicted molar refractivity (Wildman–Crippen MR) is 65.6 cm³/mol. The first-order valence-electron chi connectivity index (χ1n) is 4.91. The molecule has 1 rings (SSSR count). The van der Waals surface area contributed by atoms with Gasteiger partial charge in [-0.15, -0.1) is 0 Å². The Balaban J connectivity index is 3.05. The lowest BCUT2D eigenvalue weighted by Crippen LogP contribution is -2.24. The Morgan fingerprint density at radius 3 is 2.69 bits per heavy atom. The van der Waals surface area contributed by atoms with Crippen LogP contribution in [-0.2, 0) is 0 Å². The first-order chi connectivity index (χ1) is 7.60. The third kappa shape index (κ3) is 3.03. The number of rotatable bonds is 4. The Morgan fingerprint density at radius 1 is 1.44 bits per heavy atom. The van der Waals surface area contributed by atoms with E-state index in [0.29, 0.717) is 27.9 Å². The second kappa shape index (κ2) is 5.97. The van der Waals surface area contributed by atoms with Crippen molar-refractivity contribution in [3.05, 3.63) is 27.7 Å². The summed E-state index contributed by atoms with van der Waals surface area (Å²) >= 11 is 11.8. The van der Waals surface area contributed by atoms with Crippen molar-refractivity contribution in [1.29, 1.82) is 0 Å². The van der Waals surface area contributed by atoms with Crippen LogP contribution in [0.15, 0.2) is 12.1 Å². The van der Waals surface area contributed by atoms with E-state index in [1.807, 2.05) is 6.92 Å². The number of carbonyl (C=O) groups excluding carboxylic acids is 1. The van der Waals surface area contributed by atoms with Crippen LogP contribution in [0.5, 0.6) is 5.75 Å². The molecule has 0 fully saturated rings. The summed E-state index contributed by atoms with van der Waals surface area (Å²) in [7, 11) is 1.46. The van der Waals surface area contributed by atoms with Crippen molar-refractivity contribution >= 4 is 29.1 Å². The largest absolute Gasteiger partial charge is 0.494 e. The first kappa shape index (κ1) is 13.1. The standard InChI is InChI=1S/C11H13Cl2NO2/c1-3-4-14-11(15)8-5-7(12)6-9(13)10(8)16-2/h5-6H,3-4H2,1-2H3,(H,14,15). The van der Waals surface area contributed by atoms with Gasteiger partial charge in [0.1, 0.15) is 5.75 Å². The number of carbonyl (C=O) groups is 1. The molecular formula is C11H13Cl2NO2. The van der Waals surface area contributed by atoms with Gasteiger partial charge in [0.05, 0.1) is 17.7 Å². The van der Waals surface area contributed by atoms with Gasteiger partial charge in [0, 0.05) is 11.6 Å². The lowest BCUT2D eigenvalue weighted by Gasteiger charge is -2.10. The Hall–Kier alpha value is -0.930. The van der Waals surface area contributed by atoms with Crippen molar-refractivity contribution in [2.24, 2.45) is 0 Å². The van der Waals surface area contributed by atoms with Crippen LogP contribution in [0.25, 0.3) is 0 Å². The second-order valence-electron chi connectivity index (χ2n) is 3.22. The van der Waals surface area contributed by atoms with Crippen LogP contribution in [0, 0.1) is 0 Å². The van der Waals surface area contributed by atoms with E-state index in [-0.39, 0.29) is 5.91 Å². The molecule has 5 heteroatoms. The van der Waals surface area contributed by atoms with Gasteiger partial charge < -0.3 is 10.1 Å². The summed E-state index contributed by atoms with van der Waals surface area (Å²) in [6.45, 7) is 2.58. The molecule has 0 saturated heterocycles. The minimum absolute atomic E-state index is 0.233. The van der Waals surface area contributed by atoms with Crippen LogP contribution in [-0.4, -0.2) is 19.6 Å². The van der Waals surface area contributed by atoms with Crippen LogP contribution < -0.4 is 10.1 Å². The van der Waals surface area contributed by atoms with Crippen LogP contribution in [0.2, 0.25) is 10.0 Å². The lowest BCUT2D eigenvalue weighted by molar-refractivity contribution is 0.0950. The van der Waals surface area contributed by atoms with Gasteiger partial charge in [-0.05, 0) is 18.6 Å². The topological polar surface area (TPSA) is 38.3 Å². The molecule has 1 N–H and O–H groups in total. The van der Waals surface area contributed by atoms with Crippen LogP contribution in [0.4, 0.5) is 0 Å². The smallest absolute Gasteiger partial charge is 0.255 e. The molecule has 0 atom stereocenters. The number of methoxy groups -OCH3 is 1. The average Bonchev–Trinajstić information content (AvgIpc) is 2.24. The van der Waals surface area contributed by atoms with Crippen LogP contribution in [0.3, 0.4) is 0 Å². The summed E-state index contributed by atoms with van der Waals surface area (Å²) in [4.78, 5) is 11.8.